The van der Waals surface area contributed by atoms with Gasteiger partial charge in [-0.25, -0.2) is 5.48 Å². The molecule has 0 radical (unpaired) electrons. The van der Waals surface area contributed by atoms with E-state index < -0.39 is 11.8 Å². The fraction of sp³-hybridized carbons (Fsp3) is 0.435. The number of amides is 3. The molecule has 1 aliphatic rings. The van der Waals surface area contributed by atoms with Crippen LogP contribution in [0.3, 0.4) is 0 Å². The van der Waals surface area contributed by atoms with E-state index in [1.807, 2.05) is 0 Å². The molecule has 0 atom stereocenters. The molecule has 0 saturated heterocycles. The number of hydrogen-bond acceptors (Lipinski definition) is 7. The van der Waals surface area contributed by atoms with Crippen molar-refractivity contribution in [3.05, 3.63) is 34.9 Å². The molecule has 180 valence electrons. The number of unbranched alkanes of at least 4 members (excludes halogenated alkanes) is 3. The number of nitrogens with one attached hydrogen (secondary N) is 1. The Morgan fingerprint density at radius 1 is 1.15 bits per heavy atom. The topological polar surface area (TPSA) is 114 Å². The molecule has 0 aromatic heterocycles. The summed E-state index contributed by atoms with van der Waals surface area (Å²) in [6.07, 6.45) is 8.43. The number of rotatable bonds is 12. The van der Waals surface area contributed by atoms with Crippen LogP contribution >= 0.6 is 11.6 Å². The van der Waals surface area contributed by atoms with E-state index >= 15 is 0 Å². The van der Waals surface area contributed by atoms with Gasteiger partial charge in [0.1, 0.15) is 5.03 Å². The zero-order chi connectivity index (χ0) is 24.2. The number of imide groups is 1. The van der Waals surface area contributed by atoms with Gasteiger partial charge < -0.3 is 14.2 Å². The van der Waals surface area contributed by atoms with Crippen molar-refractivity contribution in [1.82, 2.24) is 10.4 Å². The number of carbonyl (C=O) groups excluding carboxylic acids is 3. The van der Waals surface area contributed by atoms with Crippen LogP contribution in [-0.4, -0.2) is 55.2 Å². The zero-order valence-corrected chi connectivity index (χ0v) is 19.5. The van der Waals surface area contributed by atoms with E-state index in [-0.39, 0.29) is 23.9 Å². The lowest BCUT2D eigenvalue weighted by Gasteiger charge is -2.21. The maximum Gasteiger partial charge on any atom is 0.271 e. The average Bonchev–Trinajstić information content (AvgIpc) is 2.83. The van der Waals surface area contributed by atoms with Crippen LogP contribution in [0.15, 0.2) is 29.3 Å². The second-order valence-electron chi connectivity index (χ2n) is 7.27. The van der Waals surface area contributed by atoms with Gasteiger partial charge in [-0.05, 0) is 43.0 Å². The summed E-state index contributed by atoms with van der Waals surface area (Å²) < 4.78 is 16.7. The summed E-state index contributed by atoms with van der Waals surface area (Å²) in [5.41, 5.74) is 2.25. The highest BCUT2D eigenvalue weighted by Crippen LogP contribution is 2.39. The Bertz CT molecular complexity index is 889. The first kappa shape index (κ1) is 26.2. The van der Waals surface area contributed by atoms with Gasteiger partial charge in [0.05, 0.1) is 20.8 Å². The second-order valence-corrected chi connectivity index (χ2v) is 7.68. The average molecular weight is 481 g/mol. The van der Waals surface area contributed by atoms with Crippen LogP contribution in [0, 0.1) is 0 Å². The minimum absolute atomic E-state index is 0.0449. The summed E-state index contributed by atoms with van der Waals surface area (Å²) in [6, 6.07) is 3.42. The first-order valence-electron chi connectivity index (χ1n) is 10.6. The van der Waals surface area contributed by atoms with Gasteiger partial charge in [-0.2, -0.15) is 0 Å². The molecule has 1 aliphatic heterocycles. The number of hydrogen-bond donors (Lipinski definition) is 2. The summed E-state index contributed by atoms with van der Waals surface area (Å²) in [5.74, 6) is -0.0118. The highest BCUT2D eigenvalue weighted by Gasteiger charge is 2.24. The Hall–Kier alpha value is -3.04. The monoisotopic (exact) mass is 480 g/mol. The Morgan fingerprint density at radius 3 is 2.45 bits per heavy atom. The molecule has 0 unspecified atom stereocenters. The number of benzene rings is 1. The summed E-state index contributed by atoms with van der Waals surface area (Å²) in [7, 11) is 3.01. The van der Waals surface area contributed by atoms with Crippen molar-refractivity contribution in [2.75, 3.05) is 27.4 Å². The number of hydroxylamine groups is 1. The molecule has 1 aromatic rings. The molecule has 0 spiro atoms. The van der Waals surface area contributed by atoms with E-state index in [9.17, 15) is 14.4 Å². The normalized spacial score (nSPS) is 13.6. The third kappa shape index (κ3) is 7.80. The van der Waals surface area contributed by atoms with E-state index in [1.165, 1.54) is 20.3 Å². The van der Waals surface area contributed by atoms with Gasteiger partial charge in [-0.15, -0.1) is 0 Å². The molecule has 1 heterocycles. The van der Waals surface area contributed by atoms with E-state index in [1.54, 1.807) is 29.8 Å². The highest BCUT2D eigenvalue weighted by molar-refractivity contribution is 6.43. The quantitative estimate of drug-likeness (QED) is 0.204. The van der Waals surface area contributed by atoms with Crippen molar-refractivity contribution < 1.29 is 33.8 Å². The van der Waals surface area contributed by atoms with Crippen LogP contribution in [0.2, 0.25) is 0 Å². The number of nitrogens with zero attached hydrogens (tertiary/aromatic N) is 1. The van der Waals surface area contributed by atoms with Gasteiger partial charge >= 0.3 is 0 Å². The number of carbonyl (C=O) groups is 3. The molecule has 0 fully saturated rings. The largest absolute Gasteiger partial charge is 0.493 e. The van der Waals surface area contributed by atoms with E-state index in [4.69, 9.17) is 31.0 Å². The van der Waals surface area contributed by atoms with Crippen molar-refractivity contribution in [2.24, 2.45) is 0 Å². The predicted molar refractivity (Wildman–Crippen MR) is 122 cm³/mol. The van der Waals surface area contributed by atoms with Crippen LogP contribution in [0.1, 0.15) is 44.1 Å². The predicted octanol–water partition coefficient (Wildman–Crippen LogP) is 3.43. The third-order valence-corrected chi connectivity index (χ3v) is 5.28. The Morgan fingerprint density at radius 2 is 1.82 bits per heavy atom. The molecule has 3 amide bonds. The first-order valence-corrected chi connectivity index (χ1v) is 11.0. The van der Waals surface area contributed by atoms with E-state index in [0.29, 0.717) is 42.3 Å². The molecular weight excluding hydrogens is 452 g/mol. The SMILES string of the molecule is COc1cc(/C=C/C(=O)N2CCC=C(Cl)C2=O)cc(OC)c1OCCCCCCC(=O)NO. The molecule has 2 N–H and O–H groups in total. The van der Waals surface area contributed by atoms with Gasteiger partial charge in [0.25, 0.3) is 11.8 Å². The van der Waals surface area contributed by atoms with Crippen LogP contribution in [0.5, 0.6) is 17.2 Å². The standard InChI is InChI=1S/C23H29ClN2O7/c1-31-18-14-16(10-11-21(28)26-12-7-8-17(24)23(26)29)15-19(32-2)22(18)33-13-6-4-3-5-9-20(27)25-30/h8,10-11,14-15,30H,3-7,9,12-13H2,1-2H3,(H,25,27)/b11-10+. The maximum atomic E-state index is 12.4. The molecule has 0 bridgehead atoms. The number of methoxy groups -OCH3 is 2. The van der Waals surface area contributed by atoms with Gasteiger partial charge in [0.2, 0.25) is 11.7 Å². The van der Waals surface area contributed by atoms with Crippen molar-refractivity contribution in [2.45, 2.75) is 38.5 Å². The number of halogens is 1. The molecule has 1 aromatic carbocycles. The molecule has 10 heteroatoms. The minimum atomic E-state index is -0.506. The van der Waals surface area contributed by atoms with Crippen molar-refractivity contribution in [3.8, 4) is 17.2 Å². The first-order chi connectivity index (χ1) is 15.9. The van der Waals surface area contributed by atoms with Gasteiger partial charge in [0, 0.05) is 19.0 Å². The fourth-order valence-electron chi connectivity index (χ4n) is 3.22. The minimum Gasteiger partial charge on any atom is -0.493 e. The second kappa shape index (κ2) is 13.5. The summed E-state index contributed by atoms with van der Waals surface area (Å²) in [5, 5.41) is 8.52. The molecule has 0 aliphatic carbocycles. The molecular formula is C23H29ClN2O7. The van der Waals surface area contributed by atoms with Crippen LogP contribution < -0.4 is 19.7 Å². The fourth-order valence-corrected chi connectivity index (χ4v) is 3.43. The Balaban J connectivity index is 1.97. The Labute approximate surface area is 197 Å². The molecule has 9 nitrogen and oxygen atoms in total. The lowest BCUT2D eigenvalue weighted by atomic mass is 10.1. The van der Waals surface area contributed by atoms with Crippen molar-refractivity contribution >= 4 is 35.4 Å². The molecule has 2 rings (SSSR count). The van der Waals surface area contributed by atoms with E-state index in [0.717, 1.165) is 24.2 Å². The maximum absolute atomic E-state index is 12.4. The number of ether oxygens (including phenoxy) is 3. The lowest BCUT2D eigenvalue weighted by Crippen LogP contribution is -2.38. The van der Waals surface area contributed by atoms with Crippen LogP contribution in [0.4, 0.5) is 0 Å². The summed E-state index contributed by atoms with van der Waals surface area (Å²) >= 11 is 5.84. The molecule has 0 saturated carbocycles. The molecule has 33 heavy (non-hydrogen) atoms. The summed E-state index contributed by atoms with van der Waals surface area (Å²) in [6.45, 7) is 0.713. The highest BCUT2D eigenvalue weighted by atomic mass is 35.5. The van der Waals surface area contributed by atoms with E-state index in [2.05, 4.69) is 0 Å². The van der Waals surface area contributed by atoms with Gasteiger partial charge in [-0.3, -0.25) is 24.5 Å². The zero-order valence-electron chi connectivity index (χ0n) is 18.8. The third-order valence-electron chi connectivity index (χ3n) is 4.96. The van der Waals surface area contributed by atoms with Crippen LogP contribution in [0.25, 0.3) is 6.08 Å². The van der Waals surface area contributed by atoms with Crippen molar-refractivity contribution in [1.29, 1.82) is 0 Å². The summed E-state index contributed by atoms with van der Waals surface area (Å²) in [4.78, 5) is 36.5. The van der Waals surface area contributed by atoms with Crippen LogP contribution in [-0.2, 0) is 14.4 Å². The Kier molecular flexibility index (Phi) is 10.7. The van der Waals surface area contributed by atoms with Crippen molar-refractivity contribution in [3.63, 3.8) is 0 Å². The lowest BCUT2D eigenvalue weighted by molar-refractivity contribution is -0.139. The smallest absolute Gasteiger partial charge is 0.271 e. The van der Waals surface area contributed by atoms with Gasteiger partial charge in [0.15, 0.2) is 11.5 Å². The van der Waals surface area contributed by atoms with Gasteiger partial charge in [-0.1, -0.05) is 30.5 Å².